The lowest BCUT2D eigenvalue weighted by Crippen LogP contribution is -2.30. The number of ether oxygens (including phenoxy) is 4. The van der Waals surface area contributed by atoms with Gasteiger partial charge in [-0.1, -0.05) is 307 Å². The third-order valence-corrected chi connectivity index (χ3v) is 18.8. The molecule has 0 rings (SSSR count). The van der Waals surface area contributed by atoms with Gasteiger partial charge in [0.1, 0.15) is 19.3 Å². The van der Waals surface area contributed by atoms with E-state index in [1.165, 1.54) is 154 Å². The third-order valence-electron chi connectivity index (χ3n) is 16.9. The van der Waals surface area contributed by atoms with Crippen LogP contribution in [0, 0.1) is 0 Å². The second kappa shape index (κ2) is 70.5. The van der Waals surface area contributed by atoms with Crippen molar-refractivity contribution in [3.8, 4) is 0 Å². The summed E-state index contributed by atoms with van der Waals surface area (Å²) >= 11 is 0. The van der Waals surface area contributed by atoms with Crippen molar-refractivity contribution in [3.63, 3.8) is 0 Å². The smallest absolute Gasteiger partial charge is 0.462 e. The van der Waals surface area contributed by atoms with Gasteiger partial charge >= 0.3 is 39.5 Å². The summed E-state index contributed by atoms with van der Waals surface area (Å²) in [6.45, 7) is 4.83. The second-order valence-corrected chi connectivity index (χ2v) is 29.3. The van der Waals surface area contributed by atoms with E-state index in [9.17, 15) is 43.2 Å². The lowest BCUT2D eigenvalue weighted by Gasteiger charge is -2.21. The SMILES string of the molecule is CCCCCC/C=C\C=C/CCCCCCCC(=O)OC[C@H](COP(=O)(O)OC[C@@H](O)COP(=O)(O)OC[C@@H](COC(=O)CCCCCCCCCC)OC(=O)CCCCCCC/C=C\C=C/CCCCCC)OC(=O)CCCCCCCCCCCCCCCCCCCC. The van der Waals surface area contributed by atoms with Crippen LogP contribution in [0.1, 0.15) is 362 Å². The van der Waals surface area contributed by atoms with E-state index in [2.05, 4.69) is 76.3 Å². The van der Waals surface area contributed by atoms with Crippen molar-refractivity contribution in [3.05, 3.63) is 48.6 Å². The fourth-order valence-corrected chi connectivity index (χ4v) is 12.4. The summed E-state index contributed by atoms with van der Waals surface area (Å²) in [5.41, 5.74) is 0. The number of phosphoric ester groups is 2. The van der Waals surface area contributed by atoms with E-state index in [-0.39, 0.29) is 25.7 Å². The number of carbonyl (C=O) groups excluding carboxylic acids is 4. The van der Waals surface area contributed by atoms with Crippen LogP contribution in [0.5, 0.6) is 0 Å². The molecular weight excluding hydrogens is 1260 g/mol. The first-order chi connectivity index (χ1) is 46.7. The molecule has 0 saturated heterocycles. The molecular formula is C77H142O17P2. The molecule has 17 nitrogen and oxygen atoms in total. The zero-order chi connectivity index (χ0) is 70.4. The van der Waals surface area contributed by atoms with E-state index >= 15 is 0 Å². The molecule has 3 N–H and O–H groups in total. The van der Waals surface area contributed by atoms with Gasteiger partial charge in [0.15, 0.2) is 12.2 Å². The number of hydrogen-bond acceptors (Lipinski definition) is 15. The number of aliphatic hydroxyl groups is 1. The normalized spacial score (nSPS) is 14.2. The minimum absolute atomic E-state index is 0.0829. The van der Waals surface area contributed by atoms with Crippen LogP contribution in [-0.4, -0.2) is 96.7 Å². The van der Waals surface area contributed by atoms with Crippen LogP contribution in [0.4, 0.5) is 0 Å². The van der Waals surface area contributed by atoms with Crippen LogP contribution in [0.2, 0.25) is 0 Å². The quantitative estimate of drug-likeness (QED) is 0.0169. The van der Waals surface area contributed by atoms with Gasteiger partial charge in [0.25, 0.3) is 0 Å². The zero-order valence-corrected chi connectivity index (χ0v) is 63.1. The van der Waals surface area contributed by atoms with Gasteiger partial charge in [-0.25, -0.2) is 9.13 Å². The fourth-order valence-electron chi connectivity index (χ4n) is 10.9. The predicted octanol–water partition coefficient (Wildman–Crippen LogP) is 22.1. The molecule has 0 heterocycles. The predicted molar refractivity (Wildman–Crippen MR) is 390 cm³/mol. The van der Waals surface area contributed by atoms with Crippen LogP contribution in [0.25, 0.3) is 0 Å². The highest BCUT2D eigenvalue weighted by Gasteiger charge is 2.30. The average Bonchev–Trinajstić information content (AvgIpc) is 2.65. The molecule has 96 heavy (non-hydrogen) atoms. The maximum Gasteiger partial charge on any atom is 0.472 e. The Morgan fingerprint density at radius 3 is 0.760 bits per heavy atom. The molecule has 0 aromatic rings. The Morgan fingerprint density at radius 2 is 0.500 bits per heavy atom. The Hall–Kier alpha value is -2.98. The maximum absolute atomic E-state index is 13.1. The summed E-state index contributed by atoms with van der Waals surface area (Å²) in [5.74, 6) is -2.18. The van der Waals surface area contributed by atoms with Crippen molar-refractivity contribution < 1.29 is 80.2 Å². The first kappa shape index (κ1) is 93.0. The van der Waals surface area contributed by atoms with E-state index in [0.29, 0.717) is 25.7 Å². The van der Waals surface area contributed by atoms with Gasteiger partial charge in [-0.3, -0.25) is 37.3 Å². The number of unbranched alkanes of at least 4 members (excludes halogenated alkanes) is 42. The van der Waals surface area contributed by atoms with Crippen molar-refractivity contribution >= 4 is 39.5 Å². The molecule has 0 bridgehead atoms. The molecule has 562 valence electrons. The van der Waals surface area contributed by atoms with Gasteiger partial charge in [0.2, 0.25) is 0 Å². The minimum atomic E-state index is -4.97. The molecule has 0 aromatic heterocycles. The standard InChI is InChI=1S/C77H142O17P2/c1-5-9-13-17-21-25-28-31-34-35-36-39-42-45-48-52-56-60-64-77(82)94-73(68-88-75(80)62-58-54-50-46-43-40-37-32-29-26-22-18-14-10-6-2)70-92-96(85,86)90-66-71(78)65-89-95(83,84)91-69-72(67-87-74(79)61-57-53-49-24-20-16-12-8-4)93-76(81)63-59-55-51-47-44-41-38-33-30-27-23-19-15-11-7-3/h26-27,29-30,32-33,37-38,71-73,78H,5-25,28,31,34-36,39-70H2,1-4H3,(H,83,84)(H,85,86)/b29-26-,30-27-,37-32-,38-33-/t71-,72+,73+/m0/s1. The average molecular weight is 1400 g/mol. The highest BCUT2D eigenvalue weighted by Crippen LogP contribution is 2.45. The number of phosphoric acid groups is 2. The van der Waals surface area contributed by atoms with Crippen molar-refractivity contribution in [2.45, 2.75) is 380 Å². The molecule has 0 aliphatic heterocycles. The second-order valence-electron chi connectivity index (χ2n) is 26.4. The first-order valence-corrected chi connectivity index (χ1v) is 41.9. The topological polar surface area (TPSA) is 237 Å². The summed E-state index contributed by atoms with van der Waals surface area (Å²) in [4.78, 5) is 72.7. The van der Waals surface area contributed by atoms with E-state index in [0.717, 1.165) is 128 Å². The monoisotopic (exact) mass is 1400 g/mol. The summed E-state index contributed by atoms with van der Waals surface area (Å²) in [6, 6.07) is 0. The molecule has 0 aliphatic rings. The Balaban J connectivity index is 5.28. The van der Waals surface area contributed by atoms with Gasteiger partial charge in [-0.2, -0.15) is 0 Å². The maximum atomic E-state index is 13.1. The van der Waals surface area contributed by atoms with E-state index < -0.39 is 97.5 Å². The van der Waals surface area contributed by atoms with E-state index in [1.54, 1.807) is 0 Å². The van der Waals surface area contributed by atoms with Crippen LogP contribution in [0.3, 0.4) is 0 Å². The van der Waals surface area contributed by atoms with Crippen molar-refractivity contribution in [1.29, 1.82) is 0 Å². The molecule has 5 atom stereocenters. The fraction of sp³-hybridized carbons (Fsp3) is 0.844. The Kier molecular flexibility index (Phi) is 68.3. The number of esters is 4. The Morgan fingerprint density at radius 1 is 0.292 bits per heavy atom. The van der Waals surface area contributed by atoms with Crippen LogP contribution in [-0.2, 0) is 65.4 Å². The molecule has 0 fully saturated rings. The number of aliphatic hydroxyl groups excluding tert-OH is 1. The molecule has 0 spiro atoms. The van der Waals surface area contributed by atoms with Crippen molar-refractivity contribution in [2.75, 3.05) is 39.6 Å². The van der Waals surface area contributed by atoms with Gasteiger partial charge in [0.05, 0.1) is 26.4 Å². The highest BCUT2D eigenvalue weighted by atomic mass is 31.2. The molecule has 0 aliphatic carbocycles. The number of carbonyl (C=O) groups is 4. The van der Waals surface area contributed by atoms with Crippen LogP contribution < -0.4 is 0 Å². The number of rotatable bonds is 74. The van der Waals surface area contributed by atoms with Gasteiger partial charge in [-0.05, 0) is 77.0 Å². The molecule has 0 aromatic carbocycles. The van der Waals surface area contributed by atoms with Crippen LogP contribution in [0.15, 0.2) is 48.6 Å². The van der Waals surface area contributed by atoms with Crippen molar-refractivity contribution in [1.82, 2.24) is 0 Å². The summed E-state index contributed by atoms with van der Waals surface area (Å²) < 4.78 is 68.4. The van der Waals surface area contributed by atoms with Gasteiger partial charge in [-0.15, -0.1) is 0 Å². The number of allylic oxidation sites excluding steroid dienone is 8. The molecule has 0 radical (unpaired) electrons. The van der Waals surface area contributed by atoms with Gasteiger partial charge in [0, 0.05) is 25.7 Å². The Bertz CT molecular complexity index is 2010. The van der Waals surface area contributed by atoms with Crippen LogP contribution >= 0.6 is 15.6 Å². The zero-order valence-electron chi connectivity index (χ0n) is 61.3. The summed E-state index contributed by atoms with van der Waals surface area (Å²) in [6.07, 6.45) is 66.8. The van der Waals surface area contributed by atoms with Crippen molar-refractivity contribution in [2.24, 2.45) is 0 Å². The molecule has 19 heteroatoms. The minimum Gasteiger partial charge on any atom is -0.462 e. The first-order valence-electron chi connectivity index (χ1n) is 38.9. The third kappa shape index (κ3) is 69.5. The largest absolute Gasteiger partial charge is 0.472 e. The van der Waals surface area contributed by atoms with E-state index in [1.807, 2.05) is 0 Å². The lowest BCUT2D eigenvalue weighted by molar-refractivity contribution is -0.161. The summed E-state index contributed by atoms with van der Waals surface area (Å²) in [7, 11) is -9.93. The molecule has 0 amide bonds. The van der Waals surface area contributed by atoms with E-state index in [4.69, 9.17) is 37.0 Å². The lowest BCUT2D eigenvalue weighted by atomic mass is 10.0. The molecule has 0 saturated carbocycles. The summed E-state index contributed by atoms with van der Waals surface area (Å²) in [5, 5.41) is 10.6. The van der Waals surface area contributed by atoms with Gasteiger partial charge < -0.3 is 33.8 Å². The highest BCUT2D eigenvalue weighted by molar-refractivity contribution is 7.47. The Labute approximate surface area is 585 Å². The number of hydrogen-bond donors (Lipinski definition) is 3. The molecule has 2 unspecified atom stereocenters.